The lowest BCUT2D eigenvalue weighted by molar-refractivity contribution is -0.120. The Morgan fingerprint density at radius 1 is 1.67 bits per heavy atom. The van der Waals surface area contributed by atoms with Crippen LogP contribution in [-0.2, 0) is 11.2 Å². The first-order valence-electron chi connectivity index (χ1n) is 5.02. The van der Waals surface area contributed by atoms with Crippen LogP contribution in [0.25, 0.3) is 0 Å². The van der Waals surface area contributed by atoms with Gasteiger partial charge in [-0.3, -0.25) is 9.78 Å². The lowest BCUT2D eigenvalue weighted by Gasteiger charge is -2.08. The van der Waals surface area contributed by atoms with Crippen LogP contribution in [0.2, 0.25) is 0 Å². The Bertz CT molecular complexity index is 336. The van der Waals surface area contributed by atoms with Gasteiger partial charge in [0, 0.05) is 18.8 Å². The van der Waals surface area contributed by atoms with Gasteiger partial charge in [0.05, 0.1) is 12.1 Å². The van der Waals surface area contributed by atoms with E-state index in [0.717, 1.165) is 11.3 Å². The highest BCUT2D eigenvalue weighted by atomic mass is 16.1. The van der Waals surface area contributed by atoms with E-state index in [0.29, 0.717) is 13.0 Å². The molecule has 0 spiro atoms. The first-order chi connectivity index (χ1) is 7.09. The van der Waals surface area contributed by atoms with Crippen LogP contribution in [0, 0.1) is 6.92 Å². The average Bonchev–Trinajstić information content (AvgIpc) is 2.18. The highest BCUT2D eigenvalue weighted by Gasteiger charge is 2.06. The molecule has 0 saturated heterocycles. The van der Waals surface area contributed by atoms with Gasteiger partial charge in [-0.05, 0) is 25.5 Å². The molecule has 1 aromatic rings. The third kappa shape index (κ3) is 4.08. The molecule has 0 aliphatic rings. The number of hydrogen-bond donors (Lipinski definition) is 2. The number of amides is 1. The van der Waals surface area contributed by atoms with E-state index in [4.69, 9.17) is 5.73 Å². The smallest absolute Gasteiger partial charge is 0.226 e. The number of aryl methyl sites for hydroxylation is 1. The summed E-state index contributed by atoms with van der Waals surface area (Å²) in [6, 6.07) is 3.79. The van der Waals surface area contributed by atoms with Crippen LogP contribution < -0.4 is 11.1 Å². The van der Waals surface area contributed by atoms with Gasteiger partial charge in [0.2, 0.25) is 5.91 Å². The van der Waals surface area contributed by atoms with Gasteiger partial charge in [0.15, 0.2) is 0 Å². The summed E-state index contributed by atoms with van der Waals surface area (Å²) in [5.74, 6) is -0.0332. The first-order valence-corrected chi connectivity index (χ1v) is 5.02. The van der Waals surface area contributed by atoms with Crippen LogP contribution in [0.4, 0.5) is 0 Å². The highest BCUT2D eigenvalue weighted by Crippen LogP contribution is 2.03. The zero-order valence-corrected chi connectivity index (χ0v) is 9.16. The number of rotatable bonds is 4. The van der Waals surface area contributed by atoms with Crippen LogP contribution in [0.5, 0.6) is 0 Å². The Balaban J connectivity index is 2.48. The lowest BCUT2D eigenvalue weighted by Crippen LogP contribution is -2.36. The van der Waals surface area contributed by atoms with E-state index in [1.807, 2.05) is 26.0 Å². The molecule has 1 unspecified atom stereocenters. The van der Waals surface area contributed by atoms with Crippen LogP contribution in [0.1, 0.15) is 18.2 Å². The molecule has 4 nitrogen and oxygen atoms in total. The van der Waals surface area contributed by atoms with Crippen molar-refractivity contribution in [3.63, 3.8) is 0 Å². The number of aromatic nitrogens is 1. The van der Waals surface area contributed by atoms with Gasteiger partial charge in [0.1, 0.15) is 0 Å². The van der Waals surface area contributed by atoms with Crippen molar-refractivity contribution < 1.29 is 4.79 Å². The van der Waals surface area contributed by atoms with Crippen molar-refractivity contribution in [3.05, 3.63) is 29.6 Å². The minimum Gasteiger partial charge on any atom is -0.354 e. The molecule has 1 amide bonds. The lowest BCUT2D eigenvalue weighted by atomic mass is 10.1. The van der Waals surface area contributed by atoms with Crippen LogP contribution >= 0.6 is 0 Å². The van der Waals surface area contributed by atoms with E-state index in [2.05, 4.69) is 10.3 Å². The summed E-state index contributed by atoms with van der Waals surface area (Å²) in [6.07, 6.45) is 2.01. The number of carbonyl (C=O) groups is 1. The normalized spacial score (nSPS) is 12.2. The summed E-state index contributed by atoms with van der Waals surface area (Å²) in [5.41, 5.74) is 7.39. The fourth-order valence-corrected chi connectivity index (χ4v) is 1.19. The van der Waals surface area contributed by atoms with Crippen molar-refractivity contribution in [1.82, 2.24) is 10.3 Å². The number of nitrogens with zero attached hydrogens (tertiary/aromatic N) is 1. The zero-order valence-electron chi connectivity index (χ0n) is 9.16. The predicted octanol–water partition coefficient (Wildman–Crippen LogP) is 0.396. The summed E-state index contributed by atoms with van der Waals surface area (Å²) in [6.45, 7) is 4.30. The number of carbonyl (C=O) groups excluding carboxylic acids is 1. The van der Waals surface area contributed by atoms with Crippen molar-refractivity contribution in [2.24, 2.45) is 5.73 Å². The molecule has 82 valence electrons. The maximum Gasteiger partial charge on any atom is 0.226 e. The Morgan fingerprint density at radius 3 is 3.00 bits per heavy atom. The van der Waals surface area contributed by atoms with E-state index in [1.165, 1.54) is 0 Å². The molecule has 0 bridgehead atoms. The Morgan fingerprint density at radius 2 is 2.40 bits per heavy atom. The second-order valence-electron chi connectivity index (χ2n) is 3.73. The van der Waals surface area contributed by atoms with Gasteiger partial charge >= 0.3 is 0 Å². The van der Waals surface area contributed by atoms with Crippen LogP contribution in [-0.4, -0.2) is 23.5 Å². The Labute approximate surface area is 89.9 Å². The number of pyridine rings is 1. The van der Waals surface area contributed by atoms with Crippen LogP contribution in [0.3, 0.4) is 0 Å². The summed E-state index contributed by atoms with van der Waals surface area (Å²) in [7, 11) is 0. The highest BCUT2D eigenvalue weighted by molar-refractivity contribution is 5.78. The molecule has 0 radical (unpaired) electrons. The summed E-state index contributed by atoms with van der Waals surface area (Å²) >= 11 is 0. The van der Waals surface area contributed by atoms with Crippen molar-refractivity contribution in [2.75, 3.05) is 6.54 Å². The molecule has 1 rings (SSSR count). The van der Waals surface area contributed by atoms with Crippen molar-refractivity contribution in [3.8, 4) is 0 Å². The van der Waals surface area contributed by atoms with Gasteiger partial charge in [-0.2, -0.15) is 0 Å². The second kappa shape index (κ2) is 5.46. The molecule has 0 aliphatic carbocycles. The average molecular weight is 207 g/mol. The van der Waals surface area contributed by atoms with E-state index in [1.54, 1.807) is 6.20 Å². The van der Waals surface area contributed by atoms with Gasteiger partial charge in [-0.15, -0.1) is 0 Å². The van der Waals surface area contributed by atoms with E-state index in [9.17, 15) is 4.79 Å². The molecule has 1 heterocycles. The van der Waals surface area contributed by atoms with E-state index >= 15 is 0 Å². The molecule has 4 heteroatoms. The van der Waals surface area contributed by atoms with E-state index < -0.39 is 0 Å². The second-order valence-corrected chi connectivity index (χ2v) is 3.73. The minimum absolute atomic E-state index is 0.0150. The summed E-state index contributed by atoms with van der Waals surface area (Å²) < 4.78 is 0. The largest absolute Gasteiger partial charge is 0.354 e. The van der Waals surface area contributed by atoms with Crippen molar-refractivity contribution >= 4 is 5.91 Å². The standard InChI is InChI=1S/C11H17N3O/c1-8-4-3-5-13-10(8)6-11(15)14-7-9(2)12/h3-5,9H,6-7,12H2,1-2H3,(H,14,15). The molecule has 0 saturated carbocycles. The Hall–Kier alpha value is -1.42. The fourth-order valence-electron chi connectivity index (χ4n) is 1.19. The summed E-state index contributed by atoms with van der Waals surface area (Å²) in [5, 5.41) is 2.75. The van der Waals surface area contributed by atoms with Crippen molar-refractivity contribution in [1.29, 1.82) is 0 Å². The zero-order chi connectivity index (χ0) is 11.3. The van der Waals surface area contributed by atoms with Gasteiger partial charge in [0.25, 0.3) is 0 Å². The first kappa shape index (κ1) is 11.7. The molecule has 15 heavy (non-hydrogen) atoms. The quantitative estimate of drug-likeness (QED) is 0.750. The number of hydrogen-bond acceptors (Lipinski definition) is 3. The topological polar surface area (TPSA) is 68.0 Å². The molecule has 1 atom stereocenters. The van der Waals surface area contributed by atoms with Gasteiger partial charge in [-0.1, -0.05) is 6.07 Å². The monoisotopic (exact) mass is 207 g/mol. The molecule has 1 aromatic heterocycles. The third-order valence-electron chi connectivity index (χ3n) is 2.07. The van der Waals surface area contributed by atoms with E-state index in [-0.39, 0.29) is 11.9 Å². The van der Waals surface area contributed by atoms with Gasteiger partial charge < -0.3 is 11.1 Å². The van der Waals surface area contributed by atoms with Crippen molar-refractivity contribution in [2.45, 2.75) is 26.3 Å². The molecular formula is C11H17N3O. The number of nitrogens with two attached hydrogens (primary N) is 1. The maximum absolute atomic E-state index is 11.5. The summed E-state index contributed by atoms with van der Waals surface area (Å²) in [4.78, 5) is 15.6. The van der Waals surface area contributed by atoms with Crippen LogP contribution in [0.15, 0.2) is 18.3 Å². The molecule has 0 aromatic carbocycles. The predicted molar refractivity (Wildman–Crippen MR) is 59.3 cm³/mol. The number of nitrogens with one attached hydrogen (secondary N) is 1. The minimum atomic E-state index is -0.0332. The molecular weight excluding hydrogens is 190 g/mol. The molecule has 0 aliphatic heterocycles. The Kier molecular flexibility index (Phi) is 4.24. The SMILES string of the molecule is Cc1cccnc1CC(=O)NCC(C)N. The fraction of sp³-hybridized carbons (Fsp3) is 0.455. The molecule has 0 fully saturated rings. The molecule has 3 N–H and O–H groups in total. The van der Waals surface area contributed by atoms with Gasteiger partial charge in [-0.25, -0.2) is 0 Å². The third-order valence-corrected chi connectivity index (χ3v) is 2.07. The maximum atomic E-state index is 11.5.